The summed E-state index contributed by atoms with van der Waals surface area (Å²) in [6.45, 7) is 0. The van der Waals surface area contributed by atoms with Crippen LogP contribution in [-0.4, -0.2) is 0 Å². The standard InChI is InChI=1S/C86H48N2O6/c1-3-17-49(18-4-1)57-37-39-65-61-23-9-13-31-75(61)93-85(65)81(57)87(71-27-15-25-63-59-21-7-11-29-73(59)91-83(63)71)55-35-33-51-43-67-69-47-70-68-44-52-34-36-56(42-54(52)46-78(68)90-80(70)48-79(69)89-77(67)45-53(51)41-55)88(72-28-16-26-64-60-22-8-12-30-74(60)92-84(64)72)82-58(50-19-5-2-6-20-50)38-40-66-62-24-10-14-32-76(62)94-86(66)82/h1-48H. The first kappa shape index (κ1) is 51.0. The Balaban J connectivity index is 0.725. The summed E-state index contributed by atoms with van der Waals surface area (Å²) in [4.78, 5) is 4.65. The van der Waals surface area contributed by atoms with Gasteiger partial charge in [0.05, 0.1) is 22.7 Å². The van der Waals surface area contributed by atoms with Crippen LogP contribution in [0.3, 0.4) is 0 Å². The molecule has 0 N–H and O–H groups in total. The molecule has 0 fully saturated rings. The van der Waals surface area contributed by atoms with E-state index in [0.29, 0.717) is 0 Å². The molecule has 94 heavy (non-hydrogen) atoms. The number of benzene rings is 15. The molecule has 0 spiro atoms. The van der Waals surface area contributed by atoms with E-state index < -0.39 is 0 Å². The average Bonchev–Trinajstić information content (AvgIpc) is 1.42. The lowest BCUT2D eigenvalue weighted by Crippen LogP contribution is -2.12. The van der Waals surface area contributed by atoms with Crippen LogP contribution < -0.4 is 9.80 Å². The summed E-state index contributed by atoms with van der Waals surface area (Å²) in [5.74, 6) is 0. The Bertz CT molecular complexity index is 6350. The van der Waals surface area contributed by atoms with Crippen molar-refractivity contribution in [1.82, 2.24) is 0 Å². The van der Waals surface area contributed by atoms with Crippen LogP contribution in [-0.2, 0) is 0 Å². The molecule has 6 aromatic heterocycles. The molecule has 0 saturated carbocycles. The Morgan fingerprint density at radius 1 is 0.191 bits per heavy atom. The quantitative estimate of drug-likeness (QED) is 0.149. The van der Waals surface area contributed by atoms with E-state index in [1.54, 1.807) is 0 Å². The lowest BCUT2D eigenvalue weighted by molar-refractivity contribution is 0.656. The zero-order valence-corrected chi connectivity index (χ0v) is 50.1. The van der Waals surface area contributed by atoms with E-state index in [0.717, 1.165) is 210 Å². The van der Waals surface area contributed by atoms with E-state index in [-0.39, 0.29) is 0 Å². The van der Waals surface area contributed by atoms with Gasteiger partial charge >= 0.3 is 0 Å². The number of hydrogen-bond donors (Lipinski definition) is 0. The Kier molecular flexibility index (Phi) is 10.5. The topological polar surface area (TPSA) is 85.3 Å². The second-order valence-electron chi connectivity index (χ2n) is 24.6. The van der Waals surface area contributed by atoms with Gasteiger partial charge in [-0.25, -0.2) is 0 Å². The third-order valence-corrected chi connectivity index (χ3v) is 19.4. The zero-order chi connectivity index (χ0) is 61.3. The summed E-state index contributed by atoms with van der Waals surface area (Å²) in [7, 11) is 0. The largest absolute Gasteiger partial charge is 0.456 e. The molecule has 8 nitrogen and oxygen atoms in total. The summed E-state index contributed by atoms with van der Waals surface area (Å²) >= 11 is 0. The molecule has 0 aliphatic heterocycles. The van der Waals surface area contributed by atoms with Crippen molar-refractivity contribution in [2.45, 2.75) is 0 Å². The molecule has 0 radical (unpaired) electrons. The lowest BCUT2D eigenvalue weighted by atomic mass is 9.98. The summed E-state index contributed by atoms with van der Waals surface area (Å²) < 4.78 is 41.6. The number of anilines is 6. The molecule has 15 aromatic carbocycles. The minimum absolute atomic E-state index is 0.746. The van der Waals surface area contributed by atoms with Gasteiger partial charge in [-0.2, -0.15) is 0 Å². The molecule has 0 unspecified atom stereocenters. The second kappa shape index (κ2) is 19.4. The average molecular weight is 1210 g/mol. The Morgan fingerprint density at radius 3 is 0.968 bits per heavy atom. The highest BCUT2D eigenvalue weighted by Gasteiger charge is 2.30. The monoisotopic (exact) mass is 1200 g/mol. The third kappa shape index (κ3) is 7.44. The third-order valence-electron chi connectivity index (χ3n) is 19.4. The van der Waals surface area contributed by atoms with Gasteiger partial charge in [0.1, 0.15) is 44.7 Å². The molecule has 438 valence electrons. The maximum Gasteiger partial charge on any atom is 0.160 e. The van der Waals surface area contributed by atoms with E-state index in [2.05, 4.69) is 252 Å². The number of rotatable bonds is 8. The SMILES string of the molecule is c1ccc(-c2ccc3c(oc4ccccc43)c2N(c2ccc3cc4c(cc3c2)oc2cc3oc5cc6cc(N(c7cccc8c7oc7ccccc78)c7c(-c8ccccc8)ccc8c7oc7ccccc78)ccc6cc5c3cc24)c2cccc3c2oc2ccccc23)cc1. The van der Waals surface area contributed by atoms with Gasteiger partial charge in [0, 0.05) is 93.2 Å². The van der Waals surface area contributed by atoms with Crippen molar-refractivity contribution in [3.63, 3.8) is 0 Å². The van der Waals surface area contributed by atoms with E-state index in [9.17, 15) is 0 Å². The highest BCUT2D eigenvalue weighted by Crippen LogP contribution is 2.53. The molecule has 0 amide bonds. The van der Waals surface area contributed by atoms with Crippen LogP contribution in [0.25, 0.3) is 175 Å². The van der Waals surface area contributed by atoms with Crippen molar-refractivity contribution < 1.29 is 26.5 Å². The fourth-order valence-corrected chi connectivity index (χ4v) is 15.1. The van der Waals surface area contributed by atoms with Crippen LogP contribution in [0, 0.1) is 0 Å². The van der Waals surface area contributed by atoms with Crippen LogP contribution in [0.5, 0.6) is 0 Å². The van der Waals surface area contributed by atoms with E-state index >= 15 is 0 Å². The van der Waals surface area contributed by atoms with Crippen molar-refractivity contribution in [3.05, 3.63) is 291 Å². The molecule has 0 aliphatic carbocycles. The summed E-state index contributed by atoms with van der Waals surface area (Å²) in [5, 5.41) is 16.6. The summed E-state index contributed by atoms with van der Waals surface area (Å²) in [6, 6.07) is 102. The minimum atomic E-state index is 0.746. The maximum absolute atomic E-state index is 6.99. The highest BCUT2D eigenvalue weighted by atomic mass is 16.4. The number of furan rings is 6. The lowest BCUT2D eigenvalue weighted by Gasteiger charge is -2.28. The molecule has 0 bridgehead atoms. The van der Waals surface area contributed by atoms with Crippen LogP contribution in [0.4, 0.5) is 34.1 Å². The molecular formula is C86H48N2O6. The van der Waals surface area contributed by atoms with Gasteiger partial charge < -0.3 is 36.3 Å². The van der Waals surface area contributed by atoms with Crippen molar-refractivity contribution >= 4 is 187 Å². The predicted octanol–water partition coefficient (Wildman–Crippen LogP) is 25.7. The number of nitrogens with zero attached hydrogens (tertiary/aromatic N) is 2. The fraction of sp³-hybridized carbons (Fsp3) is 0. The van der Waals surface area contributed by atoms with E-state index in [4.69, 9.17) is 26.5 Å². The van der Waals surface area contributed by atoms with E-state index in [1.165, 1.54) is 0 Å². The summed E-state index contributed by atoms with van der Waals surface area (Å²) in [6.07, 6.45) is 0. The van der Waals surface area contributed by atoms with Gasteiger partial charge in [-0.1, -0.05) is 182 Å². The number of fused-ring (bicyclic) bond motifs is 20. The summed E-state index contributed by atoms with van der Waals surface area (Å²) in [5.41, 5.74) is 19.1. The maximum atomic E-state index is 6.99. The number of hydrogen-bond acceptors (Lipinski definition) is 8. The normalized spacial score (nSPS) is 12.3. The van der Waals surface area contributed by atoms with Crippen molar-refractivity contribution in [1.29, 1.82) is 0 Å². The zero-order valence-electron chi connectivity index (χ0n) is 50.1. The van der Waals surface area contributed by atoms with Gasteiger partial charge in [-0.15, -0.1) is 0 Å². The van der Waals surface area contributed by atoms with Crippen LogP contribution >= 0.6 is 0 Å². The highest BCUT2D eigenvalue weighted by molar-refractivity contribution is 6.22. The van der Waals surface area contributed by atoms with Crippen LogP contribution in [0.2, 0.25) is 0 Å². The number of para-hydroxylation sites is 6. The van der Waals surface area contributed by atoms with Crippen molar-refractivity contribution in [2.24, 2.45) is 0 Å². The fourth-order valence-electron chi connectivity index (χ4n) is 15.1. The first-order valence-electron chi connectivity index (χ1n) is 31.7. The minimum Gasteiger partial charge on any atom is -0.456 e. The van der Waals surface area contributed by atoms with Gasteiger partial charge in [0.25, 0.3) is 0 Å². The van der Waals surface area contributed by atoms with Gasteiger partial charge in [-0.05, 0) is 136 Å². The molecule has 6 heterocycles. The Morgan fingerprint density at radius 2 is 0.543 bits per heavy atom. The Labute approximate surface area is 534 Å². The van der Waals surface area contributed by atoms with Crippen LogP contribution in [0.1, 0.15) is 0 Å². The molecule has 21 aromatic rings. The van der Waals surface area contributed by atoms with Crippen molar-refractivity contribution in [2.75, 3.05) is 9.80 Å². The molecule has 8 heteroatoms. The second-order valence-corrected chi connectivity index (χ2v) is 24.6. The Hall–Kier alpha value is -12.8. The molecule has 21 rings (SSSR count). The van der Waals surface area contributed by atoms with Crippen LogP contribution in [0.15, 0.2) is 318 Å². The molecule has 0 saturated heterocycles. The predicted molar refractivity (Wildman–Crippen MR) is 385 cm³/mol. The first-order chi connectivity index (χ1) is 46.6. The smallest absolute Gasteiger partial charge is 0.160 e. The van der Waals surface area contributed by atoms with Crippen molar-refractivity contribution in [3.8, 4) is 22.3 Å². The van der Waals surface area contributed by atoms with Gasteiger partial charge in [0.15, 0.2) is 22.3 Å². The molecule has 0 atom stereocenters. The van der Waals surface area contributed by atoms with Gasteiger partial charge in [0.2, 0.25) is 0 Å². The van der Waals surface area contributed by atoms with Gasteiger partial charge in [-0.3, -0.25) is 0 Å². The first-order valence-corrected chi connectivity index (χ1v) is 31.7. The van der Waals surface area contributed by atoms with E-state index in [1.807, 2.05) is 48.5 Å². The molecule has 0 aliphatic rings. The molecular weight excluding hydrogens is 1160 g/mol.